The Labute approximate surface area is 190 Å². The number of hydrogen-bond acceptors (Lipinski definition) is 5. The van der Waals surface area contributed by atoms with Crippen LogP contribution in [0.25, 0.3) is 0 Å². The van der Waals surface area contributed by atoms with Crippen LogP contribution < -0.4 is 15.8 Å². The second-order valence-electron chi connectivity index (χ2n) is 7.40. The number of nitrogens with zero attached hydrogens (tertiary/aromatic N) is 1. The highest BCUT2D eigenvalue weighted by Crippen LogP contribution is 2.28. The third-order valence-corrected chi connectivity index (χ3v) is 6.98. The first-order chi connectivity index (χ1) is 14.4. The number of nitrogens with two attached hydrogens (primary N) is 1. The van der Waals surface area contributed by atoms with E-state index in [0.29, 0.717) is 0 Å². The number of rotatable bonds is 5. The summed E-state index contributed by atoms with van der Waals surface area (Å²) in [5.41, 5.74) is 6.10. The van der Waals surface area contributed by atoms with Crippen LogP contribution in [0.15, 0.2) is 53.4 Å². The summed E-state index contributed by atoms with van der Waals surface area (Å²) in [6.07, 6.45) is -4.61. The molecule has 2 aromatic carbocycles. The van der Waals surface area contributed by atoms with Gasteiger partial charge >= 0.3 is 6.36 Å². The third kappa shape index (κ3) is 6.12. The van der Waals surface area contributed by atoms with Gasteiger partial charge in [-0.2, -0.15) is 4.31 Å². The quantitative estimate of drug-likeness (QED) is 0.664. The average Bonchev–Trinajstić information content (AvgIpc) is 2.69. The molecular weight excluding hydrogens is 471 g/mol. The van der Waals surface area contributed by atoms with E-state index in [1.807, 2.05) is 6.92 Å². The van der Waals surface area contributed by atoms with Gasteiger partial charge in [-0.25, -0.2) is 8.42 Å². The maximum absolute atomic E-state index is 12.8. The Morgan fingerprint density at radius 3 is 2.09 bits per heavy atom. The molecule has 0 saturated carbocycles. The van der Waals surface area contributed by atoms with Crippen LogP contribution in [0.1, 0.15) is 18.4 Å². The second kappa shape index (κ2) is 9.65. The van der Waals surface area contributed by atoms with Crippen molar-refractivity contribution >= 4 is 34.0 Å². The molecule has 0 aliphatic carbocycles. The molecule has 3 N–H and O–H groups in total. The molecule has 1 amide bonds. The van der Waals surface area contributed by atoms with Crippen molar-refractivity contribution in [1.29, 1.82) is 0 Å². The molecule has 0 bridgehead atoms. The Kier molecular flexibility index (Phi) is 7.82. The normalized spacial score (nSPS) is 16.7. The van der Waals surface area contributed by atoms with Crippen LogP contribution in [0.4, 0.5) is 18.9 Å². The lowest BCUT2D eigenvalue weighted by molar-refractivity contribution is -0.274. The molecule has 32 heavy (non-hydrogen) atoms. The predicted octanol–water partition coefficient (Wildman–Crippen LogP) is 3.44. The van der Waals surface area contributed by atoms with Gasteiger partial charge in [0.05, 0.1) is 10.4 Å². The number of piperidine rings is 1. The van der Waals surface area contributed by atoms with E-state index in [-0.39, 0.29) is 48.9 Å². The number of anilines is 1. The summed E-state index contributed by atoms with van der Waals surface area (Å²) in [5, 5.41) is 2.56. The van der Waals surface area contributed by atoms with Crippen LogP contribution in [-0.4, -0.2) is 43.6 Å². The van der Waals surface area contributed by atoms with Gasteiger partial charge in [0.1, 0.15) is 5.75 Å². The van der Waals surface area contributed by atoms with E-state index < -0.39 is 33.6 Å². The van der Waals surface area contributed by atoms with Crippen molar-refractivity contribution in [2.45, 2.75) is 36.6 Å². The molecule has 3 rings (SSSR count). The molecule has 1 aliphatic rings. The second-order valence-corrected chi connectivity index (χ2v) is 9.34. The van der Waals surface area contributed by atoms with Crippen LogP contribution in [0.2, 0.25) is 0 Å². The van der Waals surface area contributed by atoms with E-state index in [2.05, 4.69) is 10.1 Å². The van der Waals surface area contributed by atoms with Gasteiger partial charge in [-0.1, -0.05) is 17.7 Å². The summed E-state index contributed by atoms with van der Waals surface area (Å²) in [6, 6.07) is 11.2. The highest BCUT2D eigenvalue weighted by atomic mass is 35.5. The number of halogens is 4. The van der Waals surface area contributed by atoms with Gasteiger partial charge in [0.2, 0.25) is 15.9 Å². The van der Waals surface area contributed by atoms with Crippen molar-refractivity contribution in [3.05, 3.63) is 54.1 Å². The lowest BCUT2D eigenvalue weighted by Gasteiger charge is -2.37. The van der Waals surface area contributed by atoms with Crippen LogP contribution in [0.3, 0.4) is 0 Å². The van der Waals surface area contributed by atoms with Crippen LogP contribution in [-0.2, 0) is 14.8 Å². The fourth-order valence-corrected chi connectivity index (χ4v) is 4.65. The number of hydrogen-bond donors (Lipinski definition) is 2. The molecule has 0 unspecified atom stereocenters. The Hall–Kier alpha value is -2.34. The van der Waals surface area contributed by atoms with Gasteiger partial charge in [0.15, 0.2) is 0 Å². The van der Waals surface area contributed by atoms with Crippen LogP contribution >= 0.6 is 12.4 Å². The first kappa shape index (κ1) is 25.9. The average molecular weight is 494 g/mol. The van der Waals surface area contributed by atoms with E-state index in [0.717, 1.165) is 17.7 Å². The van der Waals surface area contributed by atoms with E-state index in [9.17, 15) is 26.4 Å². The van der Waals surface area contributed by atoms with Crippen molar-refractivity contribution in [2.24, 2.45) is 5.73 Å². The highest BCUT2D eigenvalue weighted by Gasteiger charge is 2.41. The molecule has 1 heterocycles. The molecule has 0 aromatic heterocycles. The van der Waals surface area contributed by atoms with Crippen LogP contribution in [0.5, 0.6) is 5.75 Å². The Bertz CT molecular complexity index is 1040. The molecule has 2 aromatic rings. The van der Waals surface area contributed by atoms with Crippen molar-refractivity contribution < 1.29 is 31.1 Å². The minimum Gasteiger partial charge on any atom is -0.406 e. The number of benzene rings is 2. The van der Waals surface area contributed by atoms with Crippen molar-refractivity contribution in [3.63, 3.8) is 0 Å². The minimum atomic E-state index is -4.81. The van der Waals surface area contributed by atoms with E-state index in [1.54, 1.807) is 12.1 Å². The zero-order valence-electron chi connectivity index (χ0n) is 17.1. The van der Waals surface area contributed by atoms with Gasteiger partial charge in [-0.05, 0) is 56.2 Å². The number of sulfonamides is 1. The Morgan fingerprint density at radius 1 is 1.06 bits per heavy atom. The van der Waals surface area contributed by atoms with Crippen molar-refractivity contribution in [3.8, 4) is 5.75 Å². The Morgan fingerprint density at radius 2 is 1.59 bits per heavy atom. The van der Waals surface area contributed by atoms with Crippen molar-refractivity contribution in [2.75, 3.05) is 18.4 Å². The maximum atomic E-state index is 12.8. The molecule has 176 valence electrons. The predicted molar refractivity (Wildman–Crippen MR) is 115 cm³/mol. The topological polar surface area (TPSA) is 102 Å². The summed E-state index contributed by atoms with van der Waals surface area (Å²) in [4.78, 5) is 12.8. The summed E-state index contributed by atoms with van der Waals surface area (Å²) in [5.74, 6) is -0.952. The highest BCUT2D eigenvalue weighted by molar-refractivity contribution is 7.89. The van der Waals surface area contributed by atoms with E-state index >= 15 is 0 Å². The summed E-state index contributed by atoms with van der Waals surface area (Å²) in [7, 11) is -3.69. The van der Waals surface area contributed by atoms with Crippen molar-refractivity contribution in [1.82, 2.24) is 4.31 Å². The van der Waals surface area contributed by atoms with Gasteiger partial charge < -0.3 is 15.8 Å². The number of aryl methyl sites for hydroxylation is 1. The molecule has 1 aliphatic heterocycles. The first-order valence-electron chi connectivity index (χ1n) is 9.42. The van der Waals surface area contributed by atoms with Gasteiger partial charge in [0.25, 0.3) is 0 Å². The lowest BCUT2D eigenvalue weighted by Crippen LogP contribution is -2.58. The minimum absolute atomic E-state index is 0. The molecular formula is C20H23ClF3N3O4S. The maximum Gasteiger partial charge on any atom is 0.573 e. The molecule has 1 fully saturated rings. The molecule has 1 saturated heterocycles. The zero-order chi connectivity index (χ0) is 22.9. The van der Waals surface area contributed by atoms with Crippen LogP contribution in [0, 0.1) is 6.92 Å². The largest absolute Gasteiger partial charge is 0.573 e. The molecule has 0 atom stereocenters. The van der Waals surface area contributed by atoms with Gasteiger partial charge in [-0.15, -0.1) is 25.6 Å². The molecule has 0 spiro atoms. The smallest absolute Gasteiger partial charge is 0.406 e. The summed E-state index contributed by atoms with van der Waals surface area (Å²) >= 11 is 0. The summed E-state index contributed by atoms with van der Waals surface area (Å²) < 4.78 is 67.4. The monoisotopic (exact) mass is 493 g/mol. The van der Waals surface area contributed by atoms with Gasteiger partial charge in [-0.3, -0.25) is 4.79 Å². The molecule has 0 radical (unpaired) electrons. The Balaban J connectivity index is 0.00000363. The number of carbonyl (C=O) groups excluding carboxylic acids is 1. The number of amides is 1. The number of carbonyl (C=O) groups is 1. The van der Waals surface area contributed by atoms with E-state index in [1.165, 1.54) is 28.6 Å². The standard InChI is InChI=1S/C20H22F3N3O4S.ClH/c1-14-2-8-17(9-3-14)31(28,29)26-12-10-19(24,11-13-26)18(27)25-15-4-6-16(7-5-15)30-20(21,22)23;/h2-9H,10-13,24H2,1H3,(H,25,27);1H. The van der Waals surface area contributed by atoms with E-state index in [4.69, 9.17) is 5.73 Å². The summed E-state index contributed by atoms with van der Waals surface area (Å²) in [6.45, 7) is 1.99. The fourth-order valence-electron chi connectivity index (χ4n) is 3.21. The first-order valence-corrected chi connectivity index (χ1v) is 10.9. The van der Waals surface area contributed by atoms with Gasteiger partial charge in [0, 0.05) is 18.8 Å². The molecule has 12 heteroatoms. The number of ether oxygens (including phenoxy) is 1. The zero-order valence-corrected chi connectivity index (χ0v) is 18.7. The fraction of sp³-hybridized carbons (Fsp3) is 0.350. The molecule has 7 nitrogen and oxygen atoms in total. The SMILES string of the molecule is Cc1ccc(S(=O)(=O)N2CCC(N)(C(=O)Nc3ccc(OC(F)(F)F)cc3)CC2)cc1.Cl. The lowest BCUT2D eigenvalue weighted by atomic mass is 9.88. The number of nitrogens with one attached hydrogen (secondary N) is 1. The third-order valence-electron chi connectivity index (χ3n) is 5.07. The number of alkyl halides is 3.